The van der Waals surface area contributed by atoms with Crippen molar-refractivity contribution in [3.05, 3.63) is 41.6 Å². The quantitative estimate of drug-likeness (QED) is 0.863. The predicted octanol–water partition coefficient (Wildman–Crippen LogP) is 4.09. The van der Waals surface area contributed by atoms with Gasteiger partial charge in [0.15, 0.2) is 0 Å². The zero-order valence-electron chi connectivity index (χ0n) is 13.5. The summed E-state index contributed by atoms with van der Waals surface area (Å²) in [6.07, 6.45) is 9.11. The molecule has 0 saturated heterocycles. The highest BCUT2D eigenvalue weighted by Gasteiger charge is 2.42. The van der Waals surface area contributed by atoms with Crippen molar-refractivity contribution in [2.45, 2.75) is 45.6 Å². The van der Waals surface area contributed by atoms with Gasteiger partial charge in [0.05, 0.1) is 0 Å². The molecule has 118 valence electrons. The first-order valence-electron chi connectivity index (χ1n) is 8.42. The number of fused-ring (bicyclic) bond motifs is 2. The number of urea groups is 1. The van der Waals surface area contributed by atoms with Gasteiger partial charge in [0.2, 0.25) is 0 Å². The second-order valence-corrected chi connectivity index (χ2v) is 6.94. The molecular formula is C19H26N2O. The van der Waals surface area contributed by atoms with Crippen LogP contribution in [0.4, 0.5) is 4.79 Å². The van der Waals surface area contributed by atoms with E-state index >= 15 is 0 Å². The Morgan fingerprint density at radius 2 is 2.09 bits per heavy atom. The largest absolute Gasteiger partial charge is 0.335 e. The summed E-state index contributed by atoms with van der Waals surface area (Å²) in [5.41, 5.74) is 2.33. The Hall–Kier alpha value is -1.77. The molecule has 3 heteroatoms. The van der Waals surface area contributed by atoms with Crippen molar-refractivity contribution < 1.29 is 4.79 Å². The van der Waals surface area contributed by atoms with Gasteiger partial charge in [-0.25, -0.2) is 4.79 Å². The fourth-order valence-corrected chi connectivity index (χ4v) is 4.24. The molecule has 0 heterocycles. The van der Waals surface area contributed by atoms with Crippen molar-refractivity contribution in [3.8, 4) is 0 Å². The normalized spacial score (nSPS) is 28.0. The van der Waals surface area contributed by atoms with Crippen LogP contribution in [0.25, 0.3) is 6.08 Å². The van der Waals surface area contributed by atoms with Gasteiger partial charge in [-0.15, -0.1) is 0 Å². The van der Waals surface area contributed by atoms with Gasteiger partial charge in [-0.1, -0.05) is 30.7 Å². The maximum Gasteiger partial charge on any atom is 0.318 e. The highest BCUT2D eigenvalue weighted by molar-refractivity contribution is 5.76. The average molecular weight is 298 g/mol. The van der Waals surface area contributed by atoms with Crippen molar-refractivity contribution in [2.75, 3.05) is 0 Å². The molecule has 1 aromatic carbocycles. The lowest BCUT2D eigenvalue weighted by Crippen LogP contribution is -2.43. The van der Waals surface area contributed by atoms with Gasteiger partial charge in [-0.3, -0.25) is 0 Å². The van der Waals surface area contributed by atoms with E-state index in [4.69, 9.17) is 0 Å². The van der Waals surface area contributed by atoms with Crippen LogP contribution in [0.3, 0.4) is 0 Å². The van der Waals surface area contributed by atoms with Gasteiger partial charge < -0.3 is 10.6 Å². The summed E-state index contributed by atoms with van der Waals surface area (Å²) in [5, 5.41) is 5.93. The van der Waals surface area contributed by atoms with Crippen molar-refractivity contribution in [1.29, 1.82) is 0 Å². The van der Waals surface area contributed by atoms with Crippen LogP contribution in [0.15, 0.2) is 30.5 Å². The molecule has 2 fully saturated rings. The standard InChI is InChI=1S/C19H26N2O/c1-13-5-3-4-6-16(13)9-10-20-19(22)21-14(2)18-12-15-7-8-17(18)11-15/h3-6,9-10,14-15,17-18H,7-8,11-12H2,1-2H3,(H2,20,21,22)/b10-9+. The smallest absolute Gasteiger partial charge is 0.318 e. The third kappa shape index (κ3) is 3.34. The summed E-state index contributed by atoms with van der Waals surface area (Å²) < 4.78 is 0. The zero-order valence-corrected chi connectivity index (χ0v) is 13.5. The molecular weight excluding hydrogens is 272 g/mol. The van der Waals surface area contributed by atoms with Crippen molar-refractivity contribution in [3.63, 3.8) is 0 Å². The van der Waals surface area contributed by atoms with E-state index in [0.29, 0.717) is 5.92 Å². The highest BCUT2D eigenvalue weighted by Crippen LogP contribution is 2.49. The Morgan fingerprint density at radius 3 is 2.77 bits per heavy atom. The lowest BCUT2D eigenvalue weighted by atomic mass is 9.84. The molecule has 3 nitrogen and oxygen atoms in total. The van der Waals surface area contributed by atoms with E-state index in [9.17, 15) is 4.79 Å². The number of rotatable bonds is 4. The lowest BCUT2D eigenvalue weighted by Gasteiger charge is -2.28. The van der Waals surface area contributed by atoms with Gasteiger partial charge >= 0.3 is 6.03 Å². The molecule has 0 aliphatic heterocycles. The summed E-state index contributed by atoms with van der Waals surface area (Å²) in [4.78, 5) is 12.0. The van der Waals surface area contributed by atoms with Gasteiger partial charge in [-0.05, 0) is 68.1 Å². The third-order valence-electron chi connectivity index (χ3n) is 5.46. The topological polar surface area (TPSA) is 41.1 Å². The number of nitrogens with one attached hydrogen (secondary N) is 2. The van der Waals surface area contributed by atoms with Crippen molar-refractivity contribution >= 4 is 12.1 Å². The molecule has 2 amide bonds. The monoisotopic (exact) mass is 298 g/mol. The minimum atomic E-state index is -0.0971. The Labute approximate surface area is 133 Å². The molecule has 2 aliphatic carbocycles. The van der Waals surface area contributed by atoms with E-state index in [2.05, 4.69) is 30.5 Å². The van der Waals surface area contributed by atoms with Crippen LogP contribution < -0.4 is 10.6 Å². The van der Waals surface area contributed by atoms with E-state index in [-0.39, 0.29) is 12.1 Å². The summed E-state index contributed by atoms with van der Waals surface area (Å²) in [6.45, 7) is 4.22. The van der Waals surface area contributed by atoms with E-state index in [1.165, 1.54) is 31.2 Å². The maximum atomic E-state index is 12.0. The van der Waals surface area contributed by atoms with Crippen LogP contribution in [0.1, 0.15) is 43.7 Å². The lowest BCUT2D eigenvalue weighted by molar-refractivity contribution is 0.223. The maximum absolute atomic E-state index is 12.0. The SMILES string of the molecule is Cc1ccccc1/C=C/NC(=O)NC(C)C1CC2CCC1C2. The highest BCUT2D eigenvalue weighted by atomic mass is 16.2. The van der Waals surface area contributed by atoms with Crippen LogP contribution in [-0.2, 0) is 0 Å². The minimum Gasteiger partial charge on any atom is -0.335 e. The molecule has 0 aromatic heterocycles. The van der Waals surface area contributed by atoms with Gasteiger partial charge in [0.1, 0.15) is 0 Å². The van der Waals surface area contributed by atoms with Gasteiger partial charge in [0.25, 0.3) is 0 Å². The molecule has 22 heavy (non-hydrogen) atoms. The second kappa shape index (κ2) is 6.55. The van der Waals surface area contributed by atoms with E-state index in [1.807, 2.05) is 24.3 Å². The number of amides is 2. The van der Waals surface area contributed by atoms with Crippen LogP contribution in [0, 0.1) is 24.7 Å². The van der Waals surface area contributed by atoms with E-state index in [0.717, 1.165) is 17.4 Å². The summed E-state index contributed by atoms with van der Waals surface area (Å²) >= 11 is 0. The van der Waals surface area contributed by atoms with Gasteiger partial charge in [0, 0.05) is 12.2 Å². The van der Waals surface area contributed by atoms with Crippen molar-refractivity contribution in [1.82, 2.24) is 10.6 Å². The summed E-state index contributed by atoms with van der Waals surface area (Å²) in [5.74, 6) is 2.43. The molecule has 3 rings (SSSR count). The first-order valence-corrected chi connectivity index (χ1v) is 8.42. The second-order valence-electron chi connectivity index (χ2n) is 6.94. The molecule has 0 radical (unpaired) electrons. The first-order chi connectivity index (χ1) is 10.6. The first kappa shape index (κ1) is 15.1. The zero-order chi connectivity index (χ0) is 15.5. The minimum absolute atomic E-state index is 0.0971. The number of hydrogen-bond donors (Lipinski definition) is 2. The Balaban J connectivity index is 1.47. The molecule has 2 saturated carbocycles. The fourth-order valence-electron chi connectivity index (χ4n) is 4.24. The number of hydrogen-bond acceptors (Lipinski definition) is 1. The molecule has 2 aliphatic rings. The molecule has 1 aromatic rings. The number of carbonyl (C=O) groups is 1. The molecule has 2 bridgehead atoms. The van der Waals surface area contributed by atoms with E-state index < -0.39 is 0 Å². The average Bonchev–Trinajstić information content (AvgIpc) is 3.12. The van der Waals surface area contributed by atoms with Crippen LogP contribution in [-0.4, -0.2) is 12.1 Å². The van der Waals surface area contributed by atoms with Crippen LogP contribution >= 0.6 is 0 Å². The van der Waals surface area contributed by atoms with Gasteiger partial charge in [-0.2, -0.15) is 0 Å². The third-order valence-corrected chi connectivity index (χ3v) is 5.46. The number of benzene rings is 1. The van der Waals surface area contributed by atoms with Crippen LogP contribution in [0.2, 0.25) is 0 Å². The Kier molecular flexibility index (Phi) is 4.51. The Morgan fingerprint density at radius 1 is 1.27 bits per heavy atom. The van der Waals surface area contributed by atoms with Crippen LogP contribution in [0.5, 0.6) is 0 Å². The summed E-state index contributed by atoms with van der Waals surface area (Å²) in [7, 11) is 0. The molecule has 2 N–H and O–H groups in total. The predicted molar refractivity (Wildman–Crippen MR) is 90.3 cm³/mol. The molecule has 4 unspecified atom stereocenters. The number of carbonyl (C=O) groups excluding carboxylic acids is 1. The summed E-state index contributed by atoms with van der Waals surface area (Å²) in [6, 6.07) is 8.30. The molecule has 4 atom stereocenters. The Bertz CT molecular complexity index is 566. The fraction of sp³-hybridized carbons (Fsp3) is 0.526. The van der Waals surface area contributed by atoms with E-state index in [1.54, 1.807) is 6.20 Å². The molecule has 0 spiro atoms. The number of aryl methyl sites for hydroxylation is 1. The van der Waals surface area contributed by atoms with Crippen molar-refractivity contribution in [2.24, 2.45) is 17.8 Å².